The Labute approximate surface area is 788 Å². The van der Waals surface area contributed by atoms with E-state index in [1.165, 1.54) is 103 Å². The second kappa shape index (κ2) is 36.4. The van der Waals surface area contributed by atoms with Gasteiger partial charge in [0, 0.05) is 73.3 Å². The van der Waals surface area contributed by atoms with Crippen molar-refractivity contribution < 1.29 is 134 Å². The average Bonchev–Trinajstić information content (AvgIpc) is 1.60. The van der Waals surface area contributed by atoms with Crippen LogP contribution in [-0.2, 0) is 146 Å². The minimum atomic E-state index is -4.35. The van der Waals surface area contributed by atoms with E-state index in [1.807, 2.05) is 0 Å². The molecule has 29 atom stereocenters. The molecule has 23 heterocycles. The summed E-state index contributed by atoms with van der Waals surface area (Å²) in [4.78, 5) is 135. The third kappa shape index (κ3) is 18.0. The smallest absolute Gasteiger partial charge is 0.386 e. The zero-order valence-corrected chi connectivity index (χ0v) is 78.8. The van der Waals surface area contributed by atoms with Crippen LogP contribution in [0.3, 0.4) is 0 Å². The van der Waals surface area contributed by atoms with Crippen LogP contribution in [0, 0.1) is 0 Å². The third-order valence-electron chi connectivity index (χ3n) is 23.1. The van der Waals surface area contributed by atoms with Crippen LogP contribution in [0.25, 0.3) is 78.3 Å². The minimum absolute atomic E-state index is 0.0286. The van der Waals surface area contributed by atoms with E-state index in [1.54, 1.807) is 29.0 Å². The Bertz CT molecular complexity index is 7300. The molecule has 6 unspecified atom stereocenters. The molecular weight excluding hydrogens is 2070 g/mol. The van der Waals surface area contributed by atoms with Crippen molar-refractivity contribution in [3.63, 3.8) is 0 Å². The number of H-pyrrole nitrogens is 3. The molecule has 9 aliphatic rings. The molecule has 14 aromatic rings. The number of nitrogen functional groups attached to an aromatic ring is 3. The summed E-state index contributed by atoms with van der Waals surface area (Å²) in [6, 6.07) is 7.88. The third-order valence-corrected chi connectivity index (χ3v) is 32.6. The molecule has 0 spiro atoms. The van der Waals surface area contributed by atoms with Crippen molar-refractivity contribution in [1.82, 2.24) is 112 Å². The monoisotopic (exact) mass is 2140 g/mol. The van der Waals surface area contributed by atoms with Gasteiger partial charge in [-0.15, -0.1) is 10.2 Å². The topological polar surface area (TPSA) is 654 Å². The Hall–Kier alpha value is -8.05. The van der Waals surface area contributed by atoms with Crippen molar-refractivity contribution >= 4 is 207 Å². The van der Waals surface area contributed by atoms with Crippen LogP contribution in [0.5, 0.6) is 0 Å². The molecular formula is C67H69F5N26O27P6S6. The van der Waals surface area contributed by atoms with Gasteiger partial charge in [-0.1, -0.05) is 22.7 Å². The maximum atomic E-state index is 16.0. The quantitative estimate of drug-likeness (QED) is 0.0636. The lowest BCUT2D eigenvalue weighted by Crippen LogP contribution is -2.34. The van der Waals surface area contributed by atoms with Crippen molar-refractivity contribution in [3.05, 3.63) is 136 Å². The Morgan fingerprint density at radius 2 is 0.832 bits per heavy atom. The van der Waals surface area contributed by atoms with E-state index in [-0.39, 0.29) is 86.1 Å². The number of halogens is 5. The number of nitrogens with one attached hydrogen (secondary N) is 3. The number of alkyl halides is 5. The fraction of sp³-hybridized carbons (Fsp3) is 0.448. The highest BCUT2D eigenvalue weighted by atomic mass is 32.7. The van der Waals surface area contributed by atoms with E-state index in [0.29, 0.717) is 22.2 Å². The first-order valence-electron chi connectivity index (χ1n) is 40.4. The first kappa shape index (κ1) is 95.2. The van der Waals surface area contributed by atoms with Crippen molar-refractivity contribution in [2.24, 2.45) is 0 Å². The molecule has 9 saturated heterocycles. The van der Waals surface area contributed by atoms with Gasteiger partial charge in [0.1, 0.15) is 84.1 Å². The summed E-state index contributed by atoms with van der Waals surface area (Å²) >= 11 is 30.1. The molecule has 730 valence electrons. The van der Waals surface area contributed by atoms with E-state index < -0.39 is 232 Å². The largest absolute Gasteiger partial charge is 0.398 e. The van der Waals surface area contributed by atoms with Crippen LogP contribution in [0.1, 0.15) is 43.8 Å². The summed E-state index contributed by atoms with van der Waals surface area (Å²) in [5.74, 6) is 0.335. The fourth-order valence-electron chi connectivity index (χ4n) is 16.9. The highest BCUT2D eigenvalue weighted by molar-refractivity contribution is 8.44. The van der Waals surface area contributed by atoms with E-state index >= 15 is 22.0 Å². The predicted molar refractivity (Wildman–Crippen MR) is 479 cm³/mol. The molecule has 14 aromatic heterocycles. The van der Waals surface area contributed by atoms with Gasteiger partial charge >= 0.3 is 40.4 Å². The molecule has 0 amide bonds. The summed E-state index contributed by atoms with van der Waals surface area (Å²) in [5.41, 5.74) is 19.0. The number of anilines is 3. The van der Waals surface area contributed by atoms with Crippen LogP contribution >= 0.6 is 52.6 Å². The van der Waals surface area contributed by atoms with Crippen LogP contribution < -0.4 is 33.9 Å². The first-order valence-corrected chi connectivity index (χ1v) is 56.0. The number of imidazole rings is 5. The lowest BCUT2D eigenvalue weighted by molar-refractivity contribution is -0.0617. The van der Waals surface area contributed by atoms with E-state index in [9.17, 15) is 43.4 Å². The van der Waals surface area contributed by atoms with Crippen molar-refractivity contribution in [1.29, 1.82) is 0 Å². The Morgan fingerprint density at radius 1 is 0.409 bits per heavy atom. The number of hydrogen-bond acceptors (Lipinski definition) is 42. The number of nitrogens with two attached hydrogens (primary N) is 3. The zero-order chi connectivity index (χ0) is 95.7. The Balaban J connectivity index is 0.000000123. The molecule has 0 aromatic carbocycles. The summed E-state index contributed by atoms with van der Waals surface area (Å²) in [6.45, 7) is -29.0. The molecule has 0 saturated carbocycles. The van der Waals surface area contributed by atoms with Gasteiger partial charge in [0.25, 0.3) is 16.7 Å². The molecule has 0 radical (unpaired) electrons. The van der Waals surface area contributed by atoms with Gasteiger partial charge in [-0.05, 0) is 89.4 Å². The molecule has 9 fully saturated rings. The number of hydrogen-bond donors (Lipinski definition) is 12. The maximum absolute atomic E-state index is 16.0. The van der Waals surface area contributed by atoms with Gasteiger partial charge in [-0.3, -0.25) is 50.7 Å². The summed E-state index contributed by atoms with van der Waals surface area (Å²) in [5, 5.41) is 16.3. The van der Waals surface area contributed by atoms with Gasteiger partial charge in [0.2, 0.25) is 11.6 Å². The second-order valence-corrected chi connectivity index (χ2v) is 48.4. The van der Waals surface area contributed by atoms with E-state index in [2.05, 4.69) is 87.7 Å². The van der Waals surface area contributed by atoms with Crippen molar-refractivity contribution in [2.45, 2.75) is 148 Å². The lowest BCUT2D eigenvalue weighted by atomic mass is 10.1. The number of fused-ring (bicyclic) bond motifs is 17. The second-order valence-electron chi connectivity index (χ2n) is 31.6. The highest BCUT2D eigenvalue weighted by Crippen LogP contribution is 2.61. The summed E-state index contributed by atoms with van der Waals surface area (Å²) in [7, 11) is 0. The number of aromatic amines is 3. The maximum Gasteiger partial charge on any atom is 0.386 e. The SMILES string of the molecule is Nc1ccnc2c1ccn2[C@@H]1O[C@@H]2COP(O)(=S)O[C@@H]3C[C@@H](COP(=O)(S)O[C@H]2[C@@H]1F)O[C@H]3n1cnc2c(=O)[nH]ccc21.Nc1ccnc2c1nnn2[C@@H]1O[C@@H]2COP(O)(=S)O[C@@H]3[C@H](F)[C@@H](COP(O)(=S)O[C@H]2[C@@H]1F)O[C@H]3n1cnc2c(=O)n3ccnc3[nH]c21.Nc1ccnc2c1nnn2[C@@H]1O[C@@H]2COP(O)(=S)O[C@@H]3[C@H](F)[C@@H](COP(O)(=S)O[C@H]2[C@@H]1F)O[C@H]3n1cnc2c(=O)n3ccnc3[nH]c21. The van der Waals surface area contributed by atoms with Crippen LogP contribution in [-0.4, -0.2) is 280 Å². The number of thiol groups is 1. The zero-order valence-electron chi connectivity index (χ0n) is 68.5. The Morgan fingerprint density at radius 3 is 1.34 bits per heavy atom. The highest BCUT2D eigenvalue weighted by Gasteiger charge is 2.59. The van der Waals surface area contributed by atoms with Gasteiger partial charge < -0.3 is 121 Å². The average molecular weight is 2140 g/mol. The Kier molecular flexibility index (Phi) is 25.3. The summed E-state index contributed by atoms with van der Waals surface area (Å²) < 4.78 is 206. The van der Waals surface area contributed by atoms with Gasteiger partial charge in [-0.25, -0.2) is 75.2 Å². The molecule has 23 rings (SSSR count). The van der Waals surface area contributed by atoms with Crippen LogP contribution in [0.2, 0.25) is 0 Å². The van der Waals surface area contributed by atoms with Crippen molar-refractivity contribution in [3.8, 4) is 0 Å². The first-order chi connectivity index (χ1) is 65.3. The van der Waals surface area contributed by atoms with Crippen LogP contribution in [0.4, 0.5) is 39.0 Å². The number of rotatable bonds is 6. The molecule has 53 nitrogen and oxygen atoms in total. The van der Waals surface area contributed by atoms with Crippen LogP contribution in [0.15, 0.2) is 119 Å². The van der Waals surface area contributed by atoms with Gasteiger partial charge in [0.15, 0.2) is 107 Å². The molecule has 137 heavy (non-hydrogen) atoms. The van der Waals surface area contributed by atoms with Gasteiger partial charge in [0.05, 0.1) is 81.6 Å². The number of aromatic nitrogens is 23. The number of nitrogens with zero attached hydrogens (tertiary/aromatic N) is 20. The normalized spacial score (nSPS) is 36.9. The number of ether oxygens (including phenoxy) is 6. The van der Waals surface area contributed by atoms with E-state index in [4.69, 9.17) is 159 Å². The fourth-order valence-corrected chi connectivity index (χ4v) is 25.5. The summed E-state index contributed by atoms with van der Waals surface area (Å²) in [6.07, 6.45) is -18.0. The predicted octanol–water partition coefficient (Wildman–Crippen LogP) is 3.98. The molecule has 14 N–H and O–H groups in total. The molecule has 0 aliphatic carbocycles. The number of pyridine rings is 4. The van der Waals surface area contributed by atoms with Crippen molar-refractivity contribution in [2.75, 3.05) is 56.8 Å². The standard InChI is InChI=1S/C23H25FN6O9P2S2.2C22H22F2N10O9P2S2/c24-17-19-16(37-23(17)29-6-3-12-13(25)1-4-26-20(12)29)9-35-40(32,42)38-15-7-11(8-34-41(33,43)39-19)36-22(15)30-10-28-18-14(30)2-5-27-21(18)31;2*23-11-9-5-38-44(36,46)42-15-10(41-20(12(15)24)34-17-13(30-31-34)8(25)1-2-26-17)6-39-45(37,47)43-16(11)21(40-9)33-7-28-14-18(33)29-22-27-3-4-32(22)19(14)35/h1-6,10-11,15-17,19,22-23H,7-9H2,(H2,25,26)(H,27,31)(H,32,42)(H,33,43);2*1-4,7,9-12,15-16,20-21H,5-6H2,(H2,25,26)(H,27,29)(H,36,46)(H,37,47)/t11-,15+,16+,17-,19+,22+,23+,40?,41?;2*9-,10-,11-,12+,15-,16-,20-,21-,44?,45?/m011/s1. The molecule has 70 heteroatoms. The van der Waals surface area contributed by atoms with E-state index in [0.717, 1.165) is 9.36 Å². The van der Waals surface area contributed by atoms with Gasteiger partial charge in [-0.2, -0.15) is 9.36 Å². The molecule has 9 aliphatic heterocycles. The minimum Gasteiger partial charge on any atom is -0.398 e. The lowest BCUT2D eigenvalue weighted by Gasteiger charge is -2.27. The molecule has 6 bridgehead atoms.